The van der Waals surface area contributed by atoms with E-state index in [1.54, 1.807) is 0 Å². The number of aliphatic hydroxyl groups is 1. The maximum atomic E-state index is 15.2. The molecular formula is C23H21F5N2O3. The lowest BCUT2D eigenvalue weighted by Crippen LogP contribution is -2.53. The van der Waals surface area contributed by atoms with Crippen molar-refractivity contribution in [2.45, 2.75) is 56.7 Å². The number of aliphatic hydroxyl groups excluding tert-OH is 1. The second kappa shape index (κ2) is 8.40. The normalized spacial score (nSPS) is 22.4. The zero-order valence-electron chi connectivity index (χ0n) is 17.5. The summed E-state index contributed by atoms with van der Waals surface area (Å²) in [7, 11) is 0. The van der Waals surface area contributed by atoms with Gasteiger partial charge in [-0.3, -0.25) is 9.59 Å². The summed E-state index contributed by atoms with van der Waals surface area (Å²) in [5.74, 6) is -10.4. The molecule has 2 N–H and O–H groups in total. The fraction of sp³-hybridized carbons (Fsp3) is 0.391. The van der Waals surface area contributed by atoms with Gasteiger partial charge >= 0.3 is 5.92 Å². The highest BCUT2D eigenvalue weighted by Crippen LogP contribution is 2.41. The van der Waals surface area contributed by atoms with Crippen molar-refractivity contribution in [3.8, 4) is 0 Å². The molecule has 0 saturated carbocycles. The zero-order chi connectivity index (χ0) is 24.1. The Labute approximate surface area is 186 Å². The standard InChI is InChI=1S/C23H21F5N2O3/c1-11-6-13(8-19(25)20(11)26)29-21(32)12-2-5-18(24)17(7-12)23(27,28)22(33)30-14-3-4-15(30)10-16(31)9-14/h2,5-8,14-16,31H,3-4,9-10H2,1H3,(H,29,32)/t14-,15?,16+/m1/s1. The number of amides is 2. The van der Waals surface area contributed by atoms with Gasteiger partial charge in [-0.25, -0.2) is 13.2 Å². The fourth-order valence-corrected chi connectivity index (χ4v) is 4.67. The summed E-state index contributed by atoms with van der Waals surface area (Å²) in [5.41, 5.74) is -1.84. The number of benzene rings is 2. The lowest BCUT2D eigenvalue weighted by atomic mass is 9.96. The number of piperidine rings is 1. The first-order valence-electron chi connectivity index (χ1n) is 10.4. The molecule has 2 aromatic carbocycles. The summed E-state index contributed by atoms with van der Waals surface area (Å²) in [5, 5.41) is 12.1. The van der Waals surface area contributed by atoms with Crippen LogP contribution in [0, 0.1) is 24.4 Å². The Kier molecular flexibility index (Phi) is 5.90. The van der Waals surface area contributed by atoms with Gasteiger partial charge in [-0.15, -0.1) is 0 Å². The van der Waals surface area contributed by atoms with Crippen LogP contribution in [0.25, 0.3) is 0 Å². The van der Waals surface area contributed by atoms with Crippen LogP contribution in [0.3, 0.4) is 0 Å². The Morgan fingerprint density at radius 1 is 1.03 bits per heavy atom. The molecular weight excluding hydrogens is 447 g/mol. The summed E-state index contributed by atoms with van der Waals surface area (Å²) in [6.45, 7) is 1.28. The third kappa shape index (κ3) is 4.19. The van der Waals surface area contributed by atoms with Crippen LogP contribution in [0.5, 0.6) is 0 Å². The van der Waals surface area contributed by atoms with Crippen molar-refractivity contribution >= 4 is 17.5 Å². The zero-order valence-corrected chi connectivity index (χ0v) is 17.5. The number of aryl methyl sites for hydroxylation is 1. The quantitative estimate of drug-likeness (QED) is 0.659. The predicted molar refractivity (Wildman–Crippen MR) is 108 cm³/mol. The van der Waals surface area contributed by atoms with Crippen molar-refractivity contribution in [1.29, 1.82) is 0 Å². The van der Waals surface area contributed by atoms with Crippen molar-refractivity contribution in [3.63, 3.8) is 0 Å². The Morgan fingerprint density at radius 2 is 1.67 bits per heavy atom. The van der Waals surface area contributed by atoms with Crippen molar-refractivity contribution in [2.75, 3.05) is 5.32 Å². The number of carbonyl (C=O) groups is 2. The van der Waals surface area contributed by atoms with E-state index in [2.05, 4.69) is 5.32 Å². The van der Waals surface area contributed by atoms with Gasteiger partial charge in [-0.1, -0.05) is 0 Å². The van der Waals surface area contributed by atoms with Gasteiger partial charge < -0.3 is 15.3 Å². The van der Waals surface area contributed by atoms with Crippen molar-refractivity contribution in [3.05, 3.63) is 64.5 Å². The first kappa shape index (κ1) is 23.2. The highest BCUT2D eigenvalue weighted by Gasteiger charge is 2.53. The molecule has 0 aromatic heterocycles. The minimum absolute atomic E-state index is 0.0801. The minimum Gasteiger partial charge on any atom is -0.393 e. The number of nitrogens with one attached hydrogen (secondary N) is 1. The smallest absolute Gasteiger partial charge is 0.352 e. The number of hydrogen-bond donors (Lipinski definition) is 2. The van der Waals surface area contributed by atoms with Crippen LogP contribution in [0.15, 0.2) is 30.3 Å². The number of halogens is 5. The van der Waals surface area contributed by atoms with Crippen LogP contribution in [0.2, 0.25) is 0 Å². The lowest BCUT2D eigenvalue weighted by molar-refractivity contribution is -0.166. The van der Waals surface area contributed by atoms with Gasteiger partial charge in [-0.2, -0.15) is 8.78 Å². The molecule has 33 heavy (non-hydrogen) atoms. The summed E-state index contributed by atoms with van der Waals surface area (Å²) in [6.07, 6.45) is 0.627. The first-order chi connectivity index (χ1) is 15.5. The highest BCUT2D eigenvalue weighted by atomic mass is 19.3. The number of carbonyl (C=O) groups excluding carboxylic acids is 2. The topological polar surface area (TPSA) is 69.6 Å². The van der Waals surface area contributed by atoms with E-state index < -0.39 is 64.5 Å². The molecule has 5 nitrogen and oxygen atoms in total. The van der Waals surface area contributed by atoms with Crippen LogP contribution < -0.4 is 5.32 Å². The molecule has 0 spiro atoms. The van der Waals surface area contributed by atoms with E-state index in [1.807, 2.05) is 0 Å². The molecule has 2 fully saturated rings. The number of alkyl halides is 2. The van der Waals surface area contributed by atoms with E-state index in [-0.39, 0.29) is 24.1 Å². The molecule has 2 aliphatic rings. The molecule has 176 valence electrons. The Balaban J connectivity index is 1.60. The van der Waals surface area contributed by atoms with Crippen LogP contribution in [0.4, 0.5) is 27.6 Å². The third-order valence-electron chi connectivity index (χ3n) is 6.25. The van der Waals surface area contributed by atoms with Crippen LogP contribution in [-0.4, -0.2) is 40.0 Å². The molecule has 0 radical (unpaired) electrons. The van der Waals surface area contributed by atoms with Gasteiger partial charge in [0.25, 0.3) is 11.8 Å². The number of fused-ring (bicyclic) bond motifs is 2. The van der Waals surface area contributed by atoms with E-state index in [4.69, 9.17) is 0 Å². The lowest BCUT2D eigenvalue weighted by Gasteiger charge is -2.39. The summed E-state index contributed by atoms with van der Waals surface area (Å²) < 4.78 is 71.8. The van der Waals surface area contributed by atoms with Crippen LogP contribution >= 0.6 is 0 Å². The predicted octanol–water partition coefficient (Wildman–Crippen LogP) is 4.27. The number of nitrogens with zero attached hydrogens (tertiary/aromatic N) is 1. The maximum absolute atomic E-state index is 15.2. The molecule has 0 aliphatic carbocycles. The van der Waals surface area contributed by atoms with Gasteiger partial charge in [0.15, 0.2) is 11.6 Å². The van der Waals surface area contributed by atoms with Crippen molar-refractivity contribution < 1.29 is 36.6 Å². The van der Waals surface area contributed by atoms with Gasteiger partial charge in [0.2, 0.25) is 0 Å². The van der Waals surface area contributed by atoms with Gasteiger partial charge in [0.05, 0.1) is 11.7 Å². The minimum atomic E-state index is -4.25. The van der Waals surface area contributed by atoms with Crippen molar-refractivity contribution in [1.82, 2.24) is 4.90 Å². The Hall–Kier alpha value is -3.01. The third-order valence-corrected chi connectivity index (χ3v) is 6.25. The van der Waals surface area contributed by atoms with Gasteiger partial charge in [0.1, 0.15) is 5.82 Å². The molecule has 2 amide bonds. The first-order valence-corrected chi connectivity index (χ1v) is 10.4. The van der Waals surface area contributed by atoms with E-state index >= 15 is 8.78 Å². The summed E-state index contributed by atoms with van der Waals surface area (Å²) in [6, 6.07) is 2.95. The largest absolute Gasteiger partial charge is 0.393 e. The van der Waals surface area contributed by atoms with E-state index in [0.717, 1.165) is 23.1 Å². The molecule has 2 aromatic rings. The second-order valence-electron chi connectivity index (χ2n) is 8.53. The van der Waals surface area contributed by atoms with Gasteiger partial charge in [0, 0.05) is 29.4 Å². The molecule has 2 aliphatic heterocycles. The van der Waals surface area contributed by atoms with E-state index in [9.17, 15) is 27.9 Å². The molecule has 3 atom stereocenters. The Bertz CT molecular complexity index is 1090. The van der Waals surface area contributed by atoms with Gasteiger partial charge in [-0.05, 0) is 62.4 Å². The molecule has 2 heterocycles. The van der Waals surface area contributed by atoms with Crippen LogP contribution in [0.1, 0.15) is 47.2 Å². The SMILES string of the molecule is Cc1cc(NC(=O)c2ccc(F)c(C(F)(F)C(=O)N3C4CC[C@@H]3C[C@H](O)C4)c2)cc(F)c1F. The monoisotopic (exact) mass is 468 g/mol. The number of anilines is 1. The van der Waals surface area contributed by atoms with Crippen molar-refractivity contribution in [2.24, 2.45) is 0 Å². The van der Waals surface area contributed by atoms with E-state index in [1.165, 1.54) is 6.92 Å². The molecule has 2 bridgehead atoms. The highest BCUT2D eigenvalue weighted by molar-refractivity contribution is 6.04. The molecule has 4 rings (SSSR count). The molecule has 1 unspecified atom stereocenters. The maximum Gasteiger partial charge on any atom is 0.352 e. The second-order valence-corrected chi connectivity index (χ2v) is 8.53. The number of rotatable bonds is 4. The van der Waals surface area contributed by atoms with E-state index in [0.29, 0.717) is 25.0 Å². The fourth-order valence-electron chi connectivity index (χ4n) is 4.67. The van der Waals surface area contributed by atoms with Crippen LogP contribution in [-0.2, 0) is 10.7 Å². The number of hydrogen-bond acceptors (Lipinski definition) is 3. The molecule has 10 heteroatoms. The Morgan fingerprint density at radius 3 is 2.27 bits per heavy atom. The average molecular weight is 468 g/mol. The average Bonchev–Trinajstić information content (AvgIpc) is 3.02. The summed E-state index contributed by atoms with van der Waals surface area (Å²) >= 11 is 0. The summed E-state index contributed by atoms with van der Waals surface area (Å²) in [4.78, 5) is 26.3. The molecule has 2 saturated heterocycles.